The van der Waals surface area contributed by atoms with E-state index in [-0.39, 0.29) is 11.8 Å². The van der Waals surface area contributed by atoms with Crippen LogP contribution in [0.1, 0.15) is 19.0 Å². The van der Waals surface area contributed by atoms with Crippen molar-refractivity contribution >= 4 is 11.6 Å². The summed E-state index contributed by atoms with van der Waals surface area (Å²) in [6, 6.07) is 3.81. The molecule has 1 aliphatic rings. The van der Waals surface area contributed by atoms with Gasteiger partial charge < -0.3 is 9.64 Å². The molecule has 4 heteroatoms. The van der Waals surface area contributed by atoms with E-state index in [0.717, 1.165) is 17.8 Å². The van der Waals surface area contributed by atoms with Gasteiger partial charge in [0.05, 0.1) is 23.9 Å². The van der Waals surface area contributed by atoms with Gasteiger partial charge in [-0.25, -0.2) is 0 Å². The fourth-order valence-corrected chi connectivity index (χ4v) is 2.16. The zero-order valence-electron chi connectivity index (χ0n) is 10.3. The van der Waals surface area contributed by atoms with Gasteiger partial charge in [0.15, 0.2) is 0 Å². The molecule has 2 rings (SSSR count). The Labute approximate surface area is 102 Å². The number of pyridine rings is 1. The van der Waals surface area contributed by atoms with Crippen LogP contribution in [0.2, 0.25) is 0 Å². The van der Waals surface area contributed by atoms with Crippen molar-refractivity contribution in [2.45, 2.75) is 20.3 Å². The van der Waals surface area contributed by atoms with Gasteiger partial charge in [0, 0.05) is 19.3 Å². The fraction of sp³-hybridized carbons (Fsp3) is 0.538. The number of nitrogens with zero attached hydrogens (tertiary/aromatic N) is 2. The van der Waals surface area contributed by atoms with Gasteiger partial charge in [-0.15, -0.1) is 0 Å². The normalized spacial score (nSPS) is 19.3. The summed E-state index contributed by atoms with van der Waals surface area (Å²) >= 11 is 0. The number of ether oxygens (including phenoxy) is 1. The van der Waals surface area contributed by atoms with E-state index in [1.54, 1.807) is 6.20 Å². The molecule has 92 valence electrons. The number of amides is 1. The first-order chi connectivity index (χ1) is 8.24. The van der Waals surface area contributed by atoms with Gasteiger partial charge in [0.2, 0.25) is 5.91 Å². The Morgan fingerprint density at radius 1 is 1.65 bits per heavy atom. The molecule has 0 aliphatic carbocycles. The van der Waals surface area contributed by atoms with Crippen LogP contribution in [-0.4, -0.2) is 30.6 Å². The third-order valence-corrected chi connectivity index (χ3v) is 3.13. The lowest BCUT2D eigenvalue weighted by Gasteiger charge is -2.24. The quantitative estimate of drug-likeness (QED) is 0.800. The number of aryl methyl sites for hydroxylation is 1. The van der Waals surface area contributed by atoms with Gasteiger partial charge in [0.1, 0.15) is 0 Å². The fourth-order valence-electron chi connectivity index (χ4n) is 2.16. The molecule has 1 atom stereocenters. The van der Waals surface area contributed by atoms with Crippen molar-refractivity contribution in [1.82, 2.24) is 4.98 Å². The molecule has 1 aliphatic heterocycles. The first-order valence-corrected chi connectivity index (χ1v) is 6.04. The molecule has 1 saturated heterocycles. The van der Waals surface area contributed by atoms with Crippen LogP contribution in [-0.2, 0) is 9.53 Å². The number of hydrogen-bond donors (Lipinski definition) is 0. The standard InChI is InChI=1S/C13H18N2O2/c1-3-15(12-5-4-7-14-10(12)2)13(16)11-6-8-17-9-11/h4-5,7,11H,3,6,8-9H2,1-2H3/t11-/m1/s1. The van der Waals surface area contributed by atoms with Crippen LogP contribution in [0, 0.1) is 12.8 Å². The molecule has 0 N–H and O–H groups in total. The van der Waals surface area contributed by atoms with E-state index in [2.05, 4.69) is 4.98 Å². The lowest BCUT2D eigenvalue weighted by Crippen LogP contribution is -2.36. The second-order valence-electron chi connectivity index (χ2n) is 4.25. The molecule has 0 saturated carbocycles. The third-order valence-electron chi connectivity index (χ3n) is 3.13. The molecule has 1 amide bonds. The van der Waals surface area contributed by atoms with Gasteiger partial charge >= 0.3 is 0 Å². The van der Waals surface area contributed by atoms with Crippen molar-refractivity contribution < 1.29 is 9.53 Å². The van der Waals surface area contributed by atoms with Crippen LogP contribution < -0.4 is 4.90 Å². The van der Waals surface area contributed by atoms with Crippen molar-refractivity contribution in [2.75, 3.05) is 24.7 Å². The van der Waals surface area contributed by atoms with Crippen molar-refractivity contribution in [3.8, 4) is 0 Å². The molecule has 1 aromatic rings. The van der Waals surface area contributed by atoms with Crippen molar-refractivity contribution in [3.05, 3.63) is 24.0 Å². The van der Waals surface area contributed by atoms with Crippen molar-refractivity contribution in [3.63, 3.8) is 0 Å². The Morgan fingerprint density at radius 2 is 2.47 bits per heavy atom. The summed E-state index contributed by atoms with van der Waals surface area (Å²) in [5, 5.41) is 0. The molecule has 17 heavy (non-hydrogen) atoms. The molecule has 2 heterocycles. The SMILES string of the molecule is CCN(C(=O)[C@@H]1CCOC1)c1cccnc1C. The highest BCUT2D eigenvalue weighted by Crippen LogP contribution is 2.22. The Hall–Kier alpha value is -1.42. The van der Waals surface area contributed by atoms with E-state index in [0.29, 0.717) is 19.8 Å². The summed E-state index contributed by atoms with van der Waals surface area (Å²) in [5.41, 5.74) is 1.80. The van der Waals surface area contributed by atoms with E-state index < -0.39 is 0 Å². The van der Waals surface area contributed by atoms with Crippen LogP contribution in [0.4, 0.5) is 5.69 Å². The van der Waals surface area contributed by atoms with Gasteiger partial charge in [-0.05, 0) is 32.4 Å². The second kappa shape index (κ2) is 5.27. The molecule has 0 bridgehead atoms. The maximum absolute atomic E-state index is 12.3. The number of anilines is 1. The summed E-state index contributed by atoms with van der Waals surface area (Å²) in [6.45, 7) is 5.83. The number of carbonyl (C=O) groups excluding carboxylic acids is 1. The minimum absolute atomic E-state index is 0.00885. The minimum atomic E-state index is 0.00885. The van der Waals surface area contributed by atoms with Crippen LogP contribution in [0.25, 0.3) is 0 Å². The van der Waals surface area contributed by atoms with Gasteiger partial charge in [-0.3, -0.25) is 9.78 Å². The molecule has 4 nitrogen and oxygen atoms in total. The smallest absolute Gasteiger partial charge is 0.232 e. The van der Waals surface area contributed by atoms with E-state index in [1.807, 2.05) is 30.9 Å². The van der Waals surface area contributed by atoms with Crippen LogP contribution in [0.5, 0.6) is 0 Å². The largest absolute Gasteiger partial charge is 0.381 e. The third kappa shape index (κ3) is 2.47. The Kier molecular flexibility index (Phi) is 3.74. The molecule has 0 aromatic carbocycles. The molecule has 0 unspecified atom stereocenters. The maximum Gasteiger partial charge on any atom is 0.232 e. The summed E-state index contributed by atoms with van der Waals surface area (Å²) in [4.78, 5) is 18.4. The lowest BCUT2D eigenvalue weighted by atomic mass is 10.1. The average molecular weight is 234 g/mol. The first-order valence-electron chi connectivity index (χ1n) is 6.04. The van der Waals surface area contributed by atoms with Gasteiger partial charge in [0.25, 0.3) is 0 Å². The van der Waals surface area contributed by atoms with Crippen molar-refractivity contribution in [2.24, 2.45) is 5.92 Å². The lowest BCUT2D eigenvalue weighted by molar-refractivity contribution is -0.122. The van der Waals surface area contributed by atoms with E-state index in [9.17, 15) is 4.79 Å². The monoisotopic (exact) mass is 234 g/mol. The highest BCUT2D eigenvalue weighted by atomic mass is 16.5. The average Bonchev–Trinajstić information content (AvgIpc) is 2.86. The number of rotatable bonds is 3. The molecular formula is C13H18N2O2. The summed E-state index contributed by atoms with van der Waals surface area (Å²) in [6.07, 6.45) is 2.57. The van der Waals surface area contributed by atoms with E-state index >= 15 is 0 Å². The van der Waals surface area contributed by atoms with Gasteiger partial charge in [-0.2, -0.15) is 0 Å². The summed E-state index contributed by atoms with van der Waals surface area (Å²) < 4.78 is 5.28. The van der Waals surface area contributed by atoms with Gasteiger partial charge in [-0.1, -0.05) is 0 Å². The molecule has 1 fully saturated rings. The van der Waals surface area contributed by atoms with Crippen LogP contribution >= 0.6 is 0 Å². The second-order valence-corrected chi connectivity index (χ2v) is 4.25. The van der Waals surface area contributed by atoms with E-state index in [4.69, 9.17) is 4.74 Å². The Morgan fingerprint density at radius 3 is 3.06 bits per heavy atom. The highest BCUT2D eigenvalue weighted by molar-refractivity contribution is 5.95. The number of hydrogen-bond acceptors (Lipinski definition) is 3. The molecule has 1 aromatic heterocycles. The van der Waals surface area contributed by atoms with Crippen LogP contribution in [0.15, 0.2) is 18.3 Å². The Bertz CT molecular complexity index is 400. The zero-order valence-corrected chi connectivity index (χ0v) is 10.3. The zero-order chi connectivity index (χ0) is 12.3. The topological polar surface area (TPSA) is 42.4 Å². The summed E-state index contributed by atoms with van der Waals surface area (Å²) in [7, 11) is 0. The minimum Gasteiger partial charge on any atom is -0.381 e. The van der Waals surface area contributed by atoms with E-state index in [1.165, 1.54) is 0 Å². The maximum atomic E-state index is 12.3. The Balaban J connectivity index is 2.21. The molecular weight excluding hydrogens is 216 g/mol. The predicted octanol–water partition coefficient (Wildman–Crippen LogP) is 1.78. The highest BCUT2D eigenvalue weighted by Gasteiger charge is 2.28. The molecule has 0 spiro atoms. The van der Waals surface area contributed by atoms with Crippen molar-refractivity contribution in [1.29, 1.82) is 0 Å². The predicted molar refractivity (Wildman–Crippen MR) is 65.9 cm³/mol. The molecule has 0 radical (unpaired) electrons. The number of aromatic nitrogens is 1. The number of carbonyl (C=O) groups is 1. The van der Waals surface area contributed by atoms with Crippen LogP contribution in [0.3, 0.4) is 0 Å². The first kappa shape index (κ1) is 12.0. The summed E-state index contributed by atoms with van der Waals surface area (Å²) in [5.74, 6) is 0.163.